The minimum Gasteiger partial charge on any atom is -0.409 e. The van der Waals surface area contributed by atoms with Crippen molar-refractivity contribution in [1.29, 1.82) is 0 Å². The number of oxime groups is 1. The average molecular weight is 269 g/mol. The van der Waals surface area contributed by atoms with Crippen LogP contribution in [-0.2, 0) is 4.79 Å². The van der Waals surface area contributed by atoms with Gasteiger partial charge in [-0.3, -0.25) is 4.79 Å². The quantitative estimate of drug-likeness (QED) is 0.305. The summed E-state index contributed by atoms with van der Waals surface area (Å²) in [6, 6.07) is -1.06. The standard InChI is InChI=1S/C10H18F3N3O2/c1-5(2)7(8(14)16-18)9(17)15-6(3)4-10(11,12)13/h5-7,18H,4H2,1-3H3,(H2,14,16)(H,15,17). The highest BCUT2D eigenvalue weighted by molar-refractivity contribution is 6.02. The summed E-state index contributed by atoms with van der Waals surface area (Å²) in [5.41, 5.74) is 5.34. The summed E-state index contributed by atoms with van der Waals surface area (Å²) in [5, 5.41) is 13.5. The van der Waals surface area contributed by atoms with Crippen molar-refractivity contribution in [2.24, 2.45) is 22.7 Å². The summed E-state index contributed by atoms with van der Waals surface area (Å²) in [7, 11) is 0. The fourth-order valence-corrected chi connectivity index (χ4v) is 1.57. The van der Waals surface area contributed by atoms with E-state index in [4.69, 9.17) is 10.9 Å². The monoisotopic (exact) mass is 269 g/mol. The highest BCUT2D eigenvalue weighted by Crippen LogP contribution is 2.21. The Balaban J connectivity index is 4.63. The molecule has 1 amide bonds. The lowest BCUT2D eigenvalue weighted by Crippen LogP contribution is -2.45. The van der Waals surface area contributed by atoms with Crippen LogP contribution in [0.2, 0.25) is 0 Å². The van der Waals surface area contributed by atoms with Crippen molar-refractivity contribution in [3.05, 3.63) is 0 Å². The summed E-state index contributed by atoms with van der Waals surface area (Å²) < 4.78 is 36.3. The Morgan fingerprint density at radius 2 is 1.89 bits per heavy atom. The SMILES string of the molecule is CC(CC(F)(F)F)NC(=O)C(C(N)=NO)C(C)C. The zero-order valence-corrected chi connectivity index (χ0v) is 10.5. The lowest BCUT2D eigenvalue weighted by atomic mass is 9.93. The molecule has 0 aromatic rings. The molecule has 0 aliphatic carbocycles. The number of amidine groups is 1. The van der Waals surface area contributed by atoms with Gasteiger partial charge in [0.15, 0.2) is 5.84 Å². The molecule has 0 rings (SSSR count). The molecule has 18 heavy (non-hydrogen) atoms. The molecular formula is C10H18F3N3O2. The molecule has 0 saturated heterocycles. The average Bonchev–Trinajstić information content (AvgIpc) is 2.13. The van der Waals surface area contributed by atoms with Gasteiger partial charge in [0.1, 0.15) is 5.92 Å². The van der Waals surface area contributed by atoms with Gasteiger partial charge in [0.25, 0.3) is 0 Å². The molecule has 0 bridgehead atoms. The number of rotatable bonds is 5. The van der Waals surface area contributed by atoms with Crippen LogP contribution in [0.15, 0.2) is 5.16 Å². The van der Waals surface area contributed by atoms with Gasteiger partial charge in [-0.15, -0.1) is 0 Å². The fraction of sp³-hybridized carbons (Fsp3) is 0.800. The van der Waals surface area contributed by atoms with Crippen LogP contribution in [0.3, 0.4) is 0 Å². The molecule has 0 radical (unpaired) electrons. The van der Waals surface area contributed by atoms with Gasteiger partial charge in [-0.1, -0.05) is 19.0 Å². The van der Waals surface area contributed by atoms with E-state index in [9.17, 15) is 18.0 Å². The second-order valence-corrected chi connectivity index (χ2v) is 4.48. The molecular weight excluding hydrogens is 251 g/mol. The molecule has 0 saturated carbocycles. The molecule has 0 spiro atoms. The number of alkyl halides is 3. The van der Waals surface area contributed by atoms with Gasteiger partial charge in [-0.25, -0.2) is 0 Å². The normalized spacial score (nSPS) is 16.5. The number of amides is 1. The third-order valence-electron chi connectivity index (χ3n) is 2.31. The number of hydrogen-bond donors (Lipinski definition) is 3. The number of nitrogens with two attached hydrogens (primary N) is 1. The Labute approximate surface area is 103 Å². The van der Waals surface area contributed by atoms with Gasteiger partial charge in [0.05, 0.1) is 6.42 Å². The van der Waals surface area contributed by atoms with E-state index in [-0.39, 0.29) is 11.8 Å². The summed E-state index contributed by atoms with van der Waals surface area (Å²) in [4.78, 5) is 11.7. The maximum absolute atomic E-state index is 12.1. The Morgan fingerprint density at radius 3 is 2.22 bits per heavy atom. The molecule has 8 heteroatoms. The first-order valence-electron chi connectivity index (χ1n) is 5.43. The van der Waals surface area contributed by atoms with E-state index < -0.39 is 30.5 Å². The highest BCUT2D eigenvalue weighted by Gasteiger charge is 2.33. The molecule has 106 valence electrons. The number of halogens is 3. The lowest BCUT2D eigenvalue weighted by molar-refractivity contribution is -0.142. The number of carbonyl (C=O) groups excluding carboxylic acids is 1. The largest absolute Gasteiger partial charge is 0.409 e. The smallest absolute Gasteiger partial charge is 0.391 e. The van der Waals surface area contributed by atoms with Crippen molar-refractivity contribution < 1.29 is 23.2 Å². The molecule has 0 aromatic carbocycles. The molecule has 0 aromatic heterocycles. The van der Waals surface area contributed by atoms with Crippen LogP contribution in [0.1, 0.15) is 27.2 Å². The predicted molar refractivity (Wildman–Crippen MR) is 60.0 cm³/mol. The van der Waals surface area contributed by atoms with Crippen molar-refractivity contribution in [2.45, 2.75) is 39.4 Å². The first-order chi connectivity index (χ1) is 8.08. The maximum Gasteiger partial charge on any atom is 0.391 e. The molecule has 0 aliphatic heterocycles. The molecule has 0 heterocycles. The number of hydrogen-bond acceptors (Lipinski definition) is 3. The van der Waals surface area contributed by atoms with Crippen LogP contribution in [0.4, 0.5) is 13.2 Å². The van der Waals surface area contributed by atoms with Crippen LogP contribution in [0.5, 0.6) is 0 Å². The van der Waals surface area contributed by atoms with Crippen LogP contribution >= 0.6 is 0 Å². The lowest BCUT2D eigenvalue weighted by Gasteiger charge is -2.22. The van der Waals surface area contributed by atoms with Gasteiger partial charge in [-0.05, 0) is 12.8 Å². The molecule has 5 nitrogen and oxygen atoms in total. The van der Waals surface area contributed by atoms with Crippen molar-refractivity contribution >= 4 is 11.7 Å². The van der Waals surface area contributed by atoms with Gasteiger partial charge in [0, 0.05) is 6.04 Å². The Bertz CT molecular complexity index is 316. The maximum atomic E-state index is 12.1. The van der Waals surface area contributed by atoms with Gasteiger partial charge in [0.2, 0.25) is 5.91 Å². The van der Waals surface area contributed by atoms with Crippen molar-refractivity contribution in [3.8, 4) is 0 Å². The Hall–Kier alpha value is -1.47. The predicted octanol–water partition coefficient (Wildman–Crippen LogP) is 1.46. The summed E-state index contributed by atoms with van der Waals surface area (Å²) in [6.07, 6.45) is -5.48. The minimum atomic E-state index is -4.35. The number of nitrogens with zero attached hydrogens (tertiary/aromatic N) is 1. The zero-order chi connectivity index (χ0) is 14.5. The van der Waals surface area contributed by atoms with Crippen molar-refractivity contribution in [2.75, 3.05) is 0 Å². The third kappa shape index (κ3) is 5.74. The second-order valence-electron chi connectivity index (χ2n) is 4.48. The zero-order valence-electron chi connectivity index (χ0n) is 10.5. The Kier molecular flexibility index (Phi) is 5.93. The highest BCUT2D eigenvalue weighted by atomic mass is 19.4. The van der Waals surface area contributed by atoms with E-state index >= 15 is 0 Å². The van der Waals surface area contributed by atoms with Gasteiger partial charge in [-0.2, -0.15) is 13.2 Å². The van der Waals surface area contributed by atoms with Gasteiger partial charge >= 0.3 is 6.18 Å². The molecule has 4 N–H and O–H groups in total. The second kappa shape index (κ2) is 6.46. The first-order valence-corrected chi connectivity index (χ1v) is 5.43. The Morgan fingerprint density at radius 1 is 1.39 bits per heavy atom. The van der Waals surface area contributed by atoms with Crippen LogP contribution < -0.4 is 11.1 Å². The molecule has 0 fully saturated rings. The summed E-state index contributed by atoms with van der Waals surface area (Å²) in [5.74, 6) is -2.25. The first kappa shape index (κ1) is 16.5. The fourth-order valence-electron chi connectivity index (χ4n) is 1.57. The minimum absolute atomic E-state index is 0.293. The van der Waals surface area contributed by atoms with Crippen molar-refractivity contribution in [1.82, 2.24) is 5.32 Å². The van der Waals surface area contributed by atoms with Crippen LogP contribution in [0.25, 0.3) is 0 Å². The van der Waals surface area contributed by atoms with E-state index in [1.165, 1.54) is 6.92 Å². The van der Waals surface area contributed by atoms with Gasteiger partial charge < -0.3 is 16.3 Å². The molecule has 2 unspecified atom stereocenters. The third-order valence-corrected chi connectivity index (χ3v) is 2.31. The topological polar surface area (TPSA) is 87.7 Å². The molecule has 0 aliphatic rings. The van der Waals surface area contributed by atoms with Crippen LogP contribution in [0, 0.1) is 11.8 Å². The van der Waals surface area contributed by atoms with E-state index in [2.05, 4.69) is 10.5 Å². The van der Waals surface area contributed by atoms with E-state index in [1.807, 2.05) is 0 Å². The van der Waals surface area contributed by atoms with Crippen LogP contribution in [-0.4, -0.2) is 29.2 Å². The summed E-state index contributed by atoms with van der Waals surface area (Å²) in [6.45, 7) is 4.54. The van der Waals surface area contributed by atoms with E-state index in [0.29, 0.717) is 0 Å². The number of nitrogens with one attached hydrogen (secondary N) is 1. The summed E-state index contributed by atoms with van der Waals surface area (Å²) >= 11 is 0. The molecule has 2 atom stereocenters. The van der Waals surface area contributed by atoms with Crippen molar-refractivity contribution in [3.63, 3.8) is 0 Å². The number of carbonyl (C=O) groups is 1. The van der Waals surface area contributed by atoms with E-state index in [0.717, 1.165) is 0 Å². The van der Waals surface area contributed by atoms with E-state index in [1.54, 1.807) is 13.8 Å².